The normalized spacial score (nSPS) is 22.0. The van der Waals surface area contributed by atoms with E-state index in [1.54, 1.807) is 0 Å². The van der Waals surface area contributed by atoms with Gasteiger partial charge in [0.1, 0.15) is 5.60 Å². The number of hydrogen-bond acceptors (Lipinski definition) is 3. The number of carbonyl (C=O) groups excluding carboxylic acids is 1. The summed E-state index contributed by atoms with van der Waals surface area (Å²) in [4.78, 5) is 14.7. The number of carbonyl (C=O) groups is 1. The van der Waals surface area contributed by atoms with E-state index in [2.05, 4.69) is 34.5 Å². The molecule has 0 aromatic heterocycles. The summed E-state index contributed by atoms with van der Waals surface area (Å²) in [7, 11) is 0. The standard InChI is InChI=1S/C20H30N2O2/c1-20(2,3)24-19(23)21-16-13-15-9-7-8-12-18(15)22(14-16)17-10-5-4-6-11-17/h7-9,12,16-17H,4-6,10-11,13-14H2,1-3H3,(H,21,23). The third kappa shape index (κ3) is 4.22. The predicted octanol–water partition coefficient (Wildman–Crippen LogP) is 4.28. The molecule has 1 aromatic carbocycles. The Balaban J connectivity index is 1.73. The molecule has 4 heteroatoms. The van der Waals surface area contributed by atoms with Gasteiger partial charge in [-0.3, -0.25) is 0 Å². The lowest BCUT2D eigenvalue weighted by Crippen LogP contribution is -2.52. The molecule has 1 aliphatic heterocycles. The van der Waals surface area contributed by atoms with Gasteiger partial charge in [-0.25, -0.2) is 4.79 Å². The fourth-order valence-corrected chi connectivity index (χ4v) is 3.94. The third-order valence-corrected chi connectivity index (χ3v) is 4.92. The number of nitrogens with one attached hydrogen (secondary N) is 1. The molecule has 132 valence electrons. The molecule has 1 saturated carbocycles. The molecule has 0 bridgehead atoms. The zero-order valence-electron chi connectivity index (χ0n) is 15.2. The Morgan fingerprint density at radius 2 is 1.88 bits per heavy atom. The van der Waals surface area contributed by atoms with Gasteiger partial charge < -0.3 is 15.0 Å². The molecular formula is C20H30N2O2. The highest BCUT2D eigenvalue weighted by molar-refractivity contribution is 5.69. The Kier molecular flexibility index (Phi) is 5.02. The van der Waals surface area contributed by atoms with E-state index >= 15 is 0 Å². The zero-order valence-corrected chi connectivity index (χ0v) is 15.2. The van der Waals surface area contributed by atoms with E-state index in [0.29, 0.717) is 6.04 Å². The summed E-state index contributed by atoms with van der Waals surface area (Å²) < 4.78 is 5.44. The van der Waals surface area contributed by atoms with E-state index in [-0.39, 0.29) is 12.1 Å². The third-order valence-electron chi connectivity index (χ3n) is 4.92. The van der Waals surface area contributed by atoms with Crippen molar-refractivity contribution in [1.82, 2.24) is 5.32 Å². The van der Waals surface area contributed by atoms with Crippen molar-refractivity contribution >= 4 is 11.8 Å². The van der Waals surface area contributed by atoms with Gasteiger partial charge in [0.25, 0.3) is 0 Å². The molecule has 2 aliphatic rings. The maximum Gasteiger partial charge on any atom is 0.407 e. The Morgan fingerprint density at radius 3 is 2.58 bits per heavy atom. The number of para-hydroxylation sites is 1. The van der Waals surface area contributed by atoms with Crippen LogP contribution < -0.4 is 10.2 Å². The number of ether oxygens (including phenoxy) is 1. The average molecular weight is 330 g/mol. The van der Waals surface area contributed by atoms with Gasteiger partial charge in [-0.1, -0.05) is 37.5 Å². The van der Waals surface area contributed by atoms with Crippen LogP contribution in [0.3, 0.4) is 0 Å². The van der Waals surface area contributed by atoms with Crippen LogP contribution in [0.2, 0.25) is 0 Å². The van der Waals surface area contributed by atoms with Crippen molar-refractivity contribution < 1.29 is 9.53 Å². The minimum Gasteiger partial charge on any atom is -0.444 e. The van der Waals surface area contributed by atoms with E-state index in [9.17, 15) is 4.79 Å². The predicted molar refractivity (Wildman–Crippen MR) is 97.5 cm³/mol. The van der Waals surface area contributed by atoms with Crippen molar-refractivity contribution in [2.24, 2.45) is 0 Å². The Hall–Kier alpha value is -1.71. The molecule has 1 amide bonds. The van der Waals surface area contributed by atoms with Crippen LogP contribution >= 0.6 is 0 Å². The molecule has 1 unspecified atom stereocenters. The van der Waals surface area contributed by atoms with E-state index < -0.39 is 5.60 Å². The van der Waals surface area contributed by atoms with Crippen LogP contribution in [0.15, 0.2) is 24.3 Å². The molecule has 1 aromatic rings. The van der Waals surface area contributed by atoms with Gasteiger partial charge in [0.2, 0.25) is 0 Å². The summed E-state index contributed by atoms with van der Waals surface area (Å²) in [5, 5.41) is 3.08. The molecular weight excluding hydrogens is 300 g/mol. The summed E-state index contributed by atoms with van der Waals surface area (Å²) in [5.41, 5.74) is 2.22. The van der Waals surface area contributed by atoms with Crippen molar-refractivity contribution in [3.8, 4) is 0 Å². The highest BCUT2D eigenvalue weighted by Gasteiger charge is 2.31. The Labute approximate surface area is 145 Å². The van der Waals surface area contributed by atoms with Crippen LogP contribution in [0.5, 0.6) is 0 Å². The monoisotopic (exact) mass is 330 g/mol. The van der Waals surface area contributed by atoms with Gasteiger partial charge in [-0.05, 0) is 51.7 Å². The fraction of sp³-hybridized carbons (Fsp3) is 0.650. The van der Waals surface area contributed by atoms with Gasteiger partial charge in [-0.2, -0.15) is 0 Å². The van der Waals surface area contributed by atoms with Crippen LogP contribution in [-0.4, -0.2) is 30.3 Å². The van der Waals surface area contributed by atoms with E-state index in [1.807, 2.05) is 20.8 Å². The molecule has 0 spiro atoms. The second-order valence-corrected chi connectivity index (χ2v) is 8.12. The van der Waals surface area contributed by atoms with Crippen molar-refractivity contribution in [3.63, 3.8) is 0 Å². The molecule has 3 rings (SSSR count). The van der Waals surface area contributed by atoms with Crippen molar-refractivity contribution in [2.75, 3.05) is 11.4 Å². The smallest absolute Gasteiger partial charge is 0.407 e. The molecule has 0 radical (unpaired) electrons. The van der Waals surface area contributed by atoms with Gasteiger partial charge in [0.15, 0.2) is 0 Å². The summed E-state index contributed by atoms with van der Waals surface area (Å²) in [6.07, 6.45) is 7.06. The number of anilines is 1. The average Bonchev–Trinajstić information content (AvgIpc) is 2.53. The molecule has 1 atom stereocenters. The second-order valence-electron chi connectivity index (χ2n) is 8.12. The number of benzene rings is 1. The van der Waals surface area contributed by atoms with Crippen LogP contribution in [0.4, 0.5) is 10.5 Å². The topological polar surface area (TPSA) is 41.6 Å². The highest BCUT2D eigenvalue weighted by Crippen LogP contribution is 2.33. The van der Waals surface area contributed by atoms with Crippen LogP contribution in [0.25, 0.3) is 0 Å². The molecule has 1 aliphatic carbocycles. The minimum atomic E-state index is -0.459. The van der Waals surface area contributed by atoms with Gasteiger partial charge >= 0.3 is 6.09 Å². The first-order chi connectivity index (χ1) is 11.4. The van der Waals surface area contributed by atoms with Gasteiger partial charge in [0.05, 0.1) is 6.04 Å². The van der Waals surface area contributed by atoms with E-state index in [0.717, 1.165) is 13.0 Å². The lowest BCUT2D eigenvalue weighted by Gasteiger charge is -2.43. The SMILES string of the molecule is CC(C)(C)OC(=O)NC1Cc2ccccc2N(C2CCCCC2)C1. The number of rotatable bonds is 2. The number of nitrogens with zero attached hydrogens (tertiary/aromatic N) is 1. The first-order valence-corrected chi connectivity index (χ1v) is 9.26. The molecule has 1 fully saturated rings. The summed E-state index contributed by atoms with van der Waals surface area (Å²) >= 11 is 0. The lowest BCUT2D eigenvalue weighted by molar-refractivity contribution is 0.0503. The van der Waals surface area contributed by atoms with E-state index in [4.69, 9.17) is 4.74 Å². The van der Waals surface area contributed by atoms with Crippen molar-refractivity contribution in [3.05, 3.63) is 29.8 Å². The first-order valence-electron chi connectivity index (χ1n) is 9.26. The maximum atomic E-state index is 12.2. The quantitative estimate of drug-likeness (QED) is 0.880. The summed E-state index contributed by atoms with van der Waals surface area (Å²) in [6, 6.07) is 9.34. The van der Waals surface area contributed by atoms with Crippen LogP contribution in [-0.2, 0) is 11.2 Å². The molecule has 0 saturated heterocycles. The van der Waals surface area contributed by atoms with Crippen molar-refractivity contribution in [1.29, 1.82) is 0 Å². The number of alkyl carbamates (subject to hydrolysis) is 1. The van der Waals surface area contributed by atoms with Gasteiger partial charge in [0, 0.05) is 18.3 Å². The largest absolute Gasteiger partial charge is 0.444 e. The first kappa shape index (κ1) is 17.1. The van der Waals surface area contributed by atoms with Crippen LogP contribution in [0.1, 0.15) is 58.4 Å². The molecule has 24 heavy (non-hydrogen) atoms. The fourth-order valence-electron chi connectivity index (χ4n) is 3.94. The second kappa shape index (κ2) is 7.04. The summed E-state index contributed by atoms with van der Waals surface area (Å²) in [6.45, 7) is 6.58. The zero-order chi connectivity index (χ0) is 17.2. The van der Waals surface area contributed by atoms with Crippen LogP contribution in [0, 0.1) is 0 Å². The molecule has 1 N–H and O–H groups in total. The van der Waals surface area contributed by atoms with Crippen molar-refractivity contribution in [2.45, 2.75) is 77.0 Å². The summed E-state index contributed by atoms with van der Waals surface area (Å²) in [5.74, 6) is 0. The van der Waals surface area contributed by atoms with Gasteiger partial charge in [-0.15, -0.1) is 0 Å². The van der Waals surface area contributed by atoms with E-state index in [1.165, 1.54) is 43.4 Å². The minimum absolute atomic E-state index is 0.108. The number of hydrogen-bond donors (Lipinski definition) is 1. The highest BCUT2D eigenvalue weighted by atomic mass is 16.6. The molecule has 1 heterocycles. The molecule has 4 nitrogen and oxygen atoms in total. The number of fused-ring (bicyclic) bond motifs is 1. The Bertz CT molecular complexity index is 573. The maximum absolute atomic E-state index is 12.2. The number of amides is 1. The Morgan fingerprint density at radius 1 is 1.17 bits per heavy atom. The lowest BCUT2D eigenvalue weighted by atomic mass is 9.90.